The average Bonchev–Trinajstić information content (AvgIpc) is 3.26. The molecule has 1 saturated heterocycles. The number of nitrogens with zero attached hydrogens (tertiary/aromatic N) is 7. The number of methoxy groups -OCH3 is 1. The number of hydrogen-bond donors (Lipinski definition) is 0. The molecule has 0 aliphatic carbocycles. The second-order valence-corrected chi connectivity index (χ2v) is 8.98. The van der Waals surface area contributed by atoms with Crippen molar-refractivity contribution >= 4 is 23.1 Å². The summed E-state index contributed by atoms with van der Waals surface area (Å²) in [5, 5.41) is 4.44. The Morgan fingerprint density at radius 2 is 1.76 bits per heavy atom. The zero-order valence-electron chi connectivity index (χ0n) is 21.2. The van der Waals surface area contributed by atoms with Crippen LogP contribution in [0.2, 0.25) is 0 Å². The van der Waals surface area contributed by atoms with Gasteiger partial charge in [0.2, 0.25) is 5.91 Å². The molecule has 1 amide bonds. The van der Waals surface area contributed by atoms with Gasteiger partial charge in [0.05, 0.1) is 7.11 Å². The molecule has 0 unspecified atom stereocenters. The first kappa shape index (κ1) is 24.4. The van der Waals surface area contributed by atoms with E-state index in [1.165, 1.54) is 15.4 Å². The predicted octanol–water partition coefficient (Wildman–Crippen LogP) is 2.27. The van der Waals surface area contributed by atoms with Crippen LogP contribution in [0.15, 0.2) is 71.8 Å². The second-order valence-electron chi connectivity index (χ2n) is 8.98. The Morgan fingerprint density at radius 1 is 1.00 bits per heavy atom. The van der Waals surface area contributed by atoms with E-state index in [0.29, 0.717) is 18.7 Å². The number of piperazine rings is 1. The van der Waals surface area contributed by atoms with Gasteiger partial charge in [0.1, 0.15) is 24.4 Å². The first-order valence-electron chi connectivity index (χ1n) is 12.5. The maximum Gasteiger partial charge on any atom is 0.352 e. The smallest absolute Gasteiger partial charge is 0.352 e. The summed E-state index contributed by atoms with van der Waals surface area (Å²) in [5.74, 6) is 1.45. The summed E-state index contributed by atoms with van der Waals surface area (Å²) in [6, 6.07) is 19.7. The number of ether oxygens (including phenoxy) is 1. The lowest BCUT2D eigenvalue weighted by molar-refractivity contribution is -0.132. The highest BCUT2D eigenvalue weighted by atomic mass is 16.5. The predicted molar refractivity (Wildman–Crippen MR) is 142 cm³/mol. The highest BCUT2D eigenvalue weighted by Gasteiger charge is 2.21. The fraction of sp³-hybridized carbons (Fsp3) is 0.333. The molecule has 0 spiro atoms. The van der Waals surface area contributed by atoms with E-state index >= 15 is 0 Å². The Morgan fingerprint density at radius 3 is 2.49 bits per heavy atom. The number of fused-ring (bicyclic) bond motifs is 1. The van der Waals surface area contributed by atoms with E-state index in [1.807, 2.05) is 61.5 Å². The van der Waals surface area contributed by atoms with Gasteiger partial charge in [-0.2, -0.15) is 0 Å². The Balaban J connectivity index is 1.27. The molecule has 0 atom stereocenters. The number of benzene rings is 2. The monoisotopic (exact) mass is 501 g/mol. The largest absolute Gasteiger partial charge is 0.497 e. The molecule has 4 aromatic rings. The highest BCUT2D eigenvalue weighted by molar-refractivity contribution is 5.76. The number of anilines is 2. The molecule has 0 N–H and O–H groups in total. The molecular weight excluding hydrogens is 470 g/mol. The van der Waals surface area contributed by atoms with Crippen molar-refractivity contribution in [1.29, 1.82) is 0 Å². The third-order valence-corrected chi connectivity index (χ3v) is 6.72. The summed E-state index contributed by atoms with van der Waals surface area (Å²) in [5.41, 5.74) is 2.27. The Kier molecular flexibility index (Phi) is 7.07. The van der Waals surface area contributed by atoms with Crippen LogP contribution in [0.4, 0.5) is 11.5 Å². The van der Waals surface area contributed by atoms with Crippen molar-refractivity contribution in [1.82, 2.24) is 24.1 Å². The van der Waals surface area contributed by atoms with E-state index in [1.54, 1.807) is 12.0 Å². The minimum absolute atomic E-state index is 0.115. The molecule has 2 aromatic heterocycles. The van der Waals surface area contributed by atoms with Gasteiger partial charge in [0, 0.05) is 57.1 Å². The van der Waals surface area contributed by atoms with Gasteiger partial charge in [-0.15, -0.1) is 5.10 Å². The normalized spacial score (nSPS) is 13.7. The number of amides is 1. The molecular formula is C27H31N7O3. The van der Waals surface area contributed by atoms with Crippen LogP contribution in [0.1, 0.15) is 12.5 Å². The van der Waals surface area contributed by atoms with Crippen molar-refractivity contribution in [3.05, 3.63) is 83.0 Å². The first-order chi connectivity index (χ1) is 18.1. The Labute approximate surface area is 215 Å². The van der Waals surface area contributed by atoms with E-state index in [0.717, 1.165) is 49.0 Å². The summed E-state index contributed by atoms with van der Waals surface area (Å²) in [6.07, 6.45) is 1.50. The average molecular weight is 502 g/mol. The number of carbonyl (C=O) groups is 1. The molecule has 0 radical (unpaired) electrons. The third-order valence-electron chi connectivity index (χ3n) is 6.72. The Bertz CT molecular complexity index is 1420. The van der Waals surface area contributed by atoms with Crippen LogP contribution in [-0.2, 0) is 17.9 Å². The van der Waals surface area contributed by atoms with Gasteiger partial charge < -0.3 is 19.4 Å². The summed E-state index contributed by atoms with van der Waals surface area (Å²) >= 11 is 0. The SMILES string of the molecule is CCN(Cc1ccccc1)C(=O)Cn1nc2cc(N3CCN(c4cccc(OC)c4)CC3)ncn2c1=O. The fourth-order valence-corrected chi connectivity index (χ4v) is 4.60. The van der Waals surface area contributed by atoms with Gasteiger partial charge in [0.15, 0.2) is 5.65 Å². The zero-order valence-corrected chi connectivity index (χ0v) is 21.2. The number of aromatic nitrogens is 4. The molecule has 192 valence electrons. The molecule has 10 nitrogen and oxygen atoms in total. The van der Waals surface area contributed by atoms with Crippen molar-refractivity contribution in [2.24, 2.45) is 0 Å². The standard InChI is InChI=1S/C27H31N7O3/c1-3-30(18-21-8-5-4-6-9-21)26(35)19-34-27(36)33-20-28-24(17-25(33)29-34)32-14-12-31(13-15-32)22-10-7-11-23(16-22)37-2/h4-11,16-17,20H,3,12-15,18-19H2,1-2H3. The molecule has 1 aliphatic heterocycles. The zero-order chi connectivity index (χ0) is 25.8. The summed E-state index contributed by atoms with van der Waals surface area (Å²) in [4.78, 5) is 36.6. The van der Waals surface area contributed by atoms with Crippen molar-refractivity contribution in [3.8, 4) is 5.75 Å². The van der Waals surface area contributed by atoms with Gasteiger partial charge in [-0.25, -0.2) is 18.9 Å². The van der Waals surface area contributed by atoms with E-state index in [-0.39, 0.29) is 18.1 Å². The lowest BCUT2D eigenvalue weighted by Gasteiger charge is -2.36. The highest BCUT2D eigenvalue weighted by Crippen LogP contribution is 2.23. The molecule has 2 aromatic carbocycles. The molecule has 0 saturated carbocycles. The molecule has 1 fully saturated rings. The third kappa shape index (κ3) is 5.28. The summed E-state index contributed by atoms with van der Waals surface area (Å²) in [6.45, 7) is 6.10. The van der Waals surface area contributed by atoms with Crippen LogP contribution < -0.4 is 20.2 Å². The number of carbonyl (C=O) groups excluding carboxylic acids is 1. The molecule has 37 heavy (non-hydrogen) atoms. The molecule has 10 heteroatoms. The minimum Gasteiger partial charge on any atom is -0.497 e. The number of likely N-dealkylation sites (N-methyl/N-ethyl adjacent to an activating group) is 1. The van der Waals surface area contributed by atoms with E-state index < -0.39 is 0 Å². The lowest BCUT2D eigenvalue weighted by Crippen LogP contribution is -2.46. The van der Waals surface area contributed by atoms with E-state index in [4.69, 9.17) is 4.74 Å². The topological polar surface area (TPSA) is 88.2 Å². The minimum atomic E-state index is -0.374. The first-order valence-corrected chi connectivity index (χ1v) is 12.5. The maximum absolute atomic E-state index is 13.0. The van der Waals surface area contributed by atoms with Crippen molar-refractivity contribution in [3.63, 3.8) is 0 Å². The van der Waals surface area contributed by atoms with Crippen LogP contribution in [-0.4, -0.2) is 69.8 Å². The van der Waals surface area contributed by atoms with Gasteiger partial charge in [-0.3, -0.25) is 4.79 Å². The van der Waals surface area contributed by atoms with Crippen LogP contribution in [0.25, 0.3) is 5.65 Å². The van der Waals surface area contributed by atoms with E-state index in [2.05, 4.69) is 25.9 Å². The summed E-state index contributed by atoms with van der Waals surface area (Å²) < 4.78 is 7.96. The van der Waals surface area contributed by atoms with E-state index in [9.17, 15) is 9.59 Å². The molecule has 5 rings (SSSR count). The van der Waals surface area contributed by atoms with Crippen LogP contribution in [0, 0.1) is 0 Å². The quantitative estimate of drug-likeness (QED) is 0.366. The number of hydrogen-bond acceptors (Lipinski definition) is 7. The lowest BCUT2D eigenvalue weighted by atomic mass is 10.2. The fourth-order valence-electron chi connectivity index (χ4n) is 4.60. The molecule has 0 bridgehead atoms. The number of rotatable bonds is 8. The van der Waals surface area contributed by atoms with Gasteiger partial charge in [-0.1, -0.05) is 36.4 Å². The van der Waals surface area contributed by atoms with Crippen molar-refractivity contribution < 1.29 is 9.53 Å². The Hall–Kier alpha value is -4.34. The van der Waals surface area contributed by atoms with Crippen molar-refractivity contribution in [2.75, 3.05) is 49.6 Å². The second kappa shape index (κ2) is 10.7. The maximum atomic E-state index is 13.0. The van der Waals surface area contributed by atoms with Crippen molar-refractivity contribution in [2.45, 2.75) is 20.0 Å². The van der Waals surface area contributed by atoms with Gasteiger partial charge >= 0.3 is 5.69 Å². The summed E-state index contributed by atoms with van der Waals surface area (Å²) in [7, 11) is 1.67. The van der Waals surface area contributed by atoms with Crippen LogP contribution in [0.5, 0.6) is 5.75 Å². The van der Waals surface area contributed by atoms with Crippen LogP contribution >= 0.6 is 0 Å². The van der Waals surface area contributed by atoms with Gasteiger partial charge in [0.25, 0.3) is 0 Å². The molecule has 3 heterocycles. The van der Waals surface area contributed by atoms with Gasteiger partial charge in [-0.05, 0) is 24.6 Å². The van der Waals surface area contributed by atoms with Crippen LogP contribution in [0.3, 0.4) is 0 Å². The molecule has 1 aliphatic rings.